The quantitative estimate of drug-likeness (QED) is 0.151. The van der Waals surface area contributed by atoms with Gasteiger partial charge in [0.1, 0.15) is 5.69 Å². The first-order chi connectivity index (χ1) is 30.2. The maximum absolute atomic E-state index is 5.41. The third-order valence-electron chi connectivity index (χ3n) is 11.9. The highest BCUT2D eigenvalue weighted by atomic mass is 15.3. The average Bonchev–Trinajstić information content (AvgIpc) is 3.90. The second-order valence-corrected chi connectivity index (χ2v) is 15.6. The molecule has 0 saturated heterocycles. The van der Waals surface area contributed by atoms with Gasteiger partial charge in [-0.1, -0.05) is 200 Å². The number of aromatic nitrogens is 3. The van der Waals surface area contributed by atoms with E-state index in [9.17, 15) is 0 Å². The van der Waals surface area contributed by atoms with Crippen LogP contribution in [-0.2, 0) is 0 Å². The zero-order valence-electron chi connectivity index (χ0n) is 33.8. The van der Waals surface area contributed by atoms with Gasteiger partial charge in [0, 0.05) is 33.2 Å². The molecule has 0 fully saturated rings. The van der Waals surface area contributed by atoms with E-state index in [1.54, 1.807) is 0 Å². The minimum Gasteiger partial charge on any atom is -0.309 e. The van der Waals surface area contributed by atoms with E-state index >= 15 is 0 Å². The molecule has 0 spiro atoms. The molecule has 0 aliphatic carbocycles. The van der Waals surface area contributed by atoms with E-state index in [0.29, 0.717) is 0 Å². The molecule has 0 bridgehead atoms. The van der Waals surface area contributed by atoms with E-state index in [0.717, 1.165) is 50.6 Å². The zero-order valence-corrected chi connectivity index (χ0v) is 33.8. The largest absolute Gasteiger partial charge is 0.309 e. The number of benzene rings is 9. The van der Waals surface area contributed by atoms with Crippen molar-refractivity contribution in [2.45, 2.75) is 6.92 Å². The van der Waals surface area contributed by atoms with Crippen molar-refractivity contribution in [3.8, 4) is 78.4 Å². The summed E-state index contributed by atoms with van der Waals surface area (Å²) in [7, 11) is 0. The van der Waals surface area contributed by atoms with Crippen molar-refractivity contribution in [1.82, 2.24) is 14.3 Å². The van der Waals surface area contributed by atoms with Gasteiger partial charge in [-0.2, -0.15) is 5.10 Å². The van der Waals surface area contributed by atoms with E-state index < -0.39 is 0 Å². The number of aryl methyl sites for hydroxylation is 1. The molecule has 0 aliphatic rings. The van der Waals surface area contributed by atoms with Gasteiger partial charge >= 0.3 is 0 Å². The third kappa shape index (κ3) is 6.44. The average molecular weight is 780 g/mol. The molecular weight excluding hydrogens is 739 g/mol. The van der Waals surface area contributed by atoms with Crippen molar-refractivity contribution < 1.29 is 0 Å². The highest BCUT2D eigenvalue weighted by molar-refractivity contribution is 6.09. The van der Waals surface area contributed by atoms with E-state index in [-0.39, 0.29) is 0 Å². The smallest absolute Gasteiger partial charge is 0.101 e. The Morgan fingerprint density at radius 2 is 0.754 bits per heavy atom. The fourth-order valence-electron chi connectivity index (χ4n) is 8.97. The van der Waals surface area contributed by atoms with E-state index in [2.05, 4.69) is 247 Å². The Bertz CT molecular complexity index is 3270. The van der Waals surface area contributed by atoms with E-state index in [1.165, 1.54) is 55.2 Å². The summed E-state index contributed by atoms with van der Waals surface area (Å²) in [6.45, 7) is 2.13. The van der Waals surface area contributed by atoms with Crippen LogP contribution < -0.4 is 0 Å². The highest BCUT2D eigenvalue weighted by Crippen LogP contribution is 2.43. The maximum Gasteiger partial charge on any atom is 0.101 e. The molecule has 288 valence electrons. The summed E-state index contributed by atoms with van der Waals surface area (Å²) in [5, 5.41) is 7.94. The van der Waals surface area contributed by atoms with Gasteiger partial charge in [0.15, 0.2) is 0 Å². The first-order valence-electron chi connectivity index (χ1n) is 20.9. The number of nitrogens with zero attached hydrogens (tertiary/aromatic N) is 3. The minimum atomic E-state index is 0.956. The third-order valence-corrected chi connectivity index (χ3v) is 11.9. The molecule has 2 aromatic heterocycles. The monoisotopic (exact) mass is 779 g/mol. The van der Waals surface area contributed by atoms with Crippen LogP contribution in [0.3, 0.4) is 0 Å². The Morgan fingerprint density at radius 1 is 0.328 bits per heavy atom. The van der Waals surface area contributed by atoms with Crippen molar-refractivity contribution in [2.75, 3.05) is 0 Å². The predicted octanol–water partition coefficient (Wildman–Crippen LogP) is 15.3. The summed E-state index contributed by atoms with van der Waals surface area (Å²) in [5.41, 5.74) is 19.3. The molecule has 2 heterocycles. The lowest BCUT2D eigenvalue weighted by atomic mass is 9.89. The minimum absolute atomic E-state index is 0.956. The molecule has 0 N–H and O–H groups in total. The van der Waals surface area contributed by atoms with E-state index in [1.807, 2.05) is 0 Å². The highest BCUT2D eigenvalue weighted by Gasteiger charge is 2.23. The molecule has 3 heteroatoms. The SMILES string of the molecule is Cc1ccc(-c2c(-c3ccccc3)nn(-c3ccc(-c4ccccc4-c4ccccc4-c4ccc(-n5c6ccccc6c6ccccc65)cc4)cc3)c2-c2ccccc2)cc1. The second-order valence-electron chi connectivity index (χ2n) is 15.6. The predicted molar refractivity (Wildman–Crippen MR) is 255 cm³/mol. The van der Waals surface area contributed by atoms with Gasteiger partial charge in [0.05, 0.1) is 22.4 Å². The van der Waals surface area contributed by atoms with Crippen molar-refractivity contribution >= 4 is 21.8 Å². The van der Waals surface area contributed by atoms with Crippen molar-refractivity contribution in [2.24, 2.45) is 0 Å². The Morgan fingerprint density at radius 3 is 1.30 bits per heavy atom. The van der Waals surface area contributed by atoms with Crippen LogP contribution in [0.15, 0.2) is 231 Å². The molecule has 0 saturated carbocycles. The van der Waals surface area contributed by atoms with Crippen LogP contribution >= 0.6 is 0 Å². The lowest BCUT2D eigenvalue weighted by molar-refractivity contribution is 0.892. The number of rotatable bonds is 8. The molecule has 9 aromatic carbocycles. The Hall–Kier alpha value is -8.01. The summed E-state index contributed by atoms with van der Waals surface area (Å²) in [6, 6.07) is 82.7. The van der Waals surface area contributed by atoms with Crippen LogP contribution in [0.1, 0.15) is 5.56 Å². The van der Waals surface area contributed by atoms with Crippen molar-refractivity contribution in [1.29, 1.82) is 0 Å². The molecule has 11 aromatic rings. The lowest BCUT2D eigenvalue weighted by Crippen LogP contribution is -2.00. The second kappa shape index (κ2) is 15.3. The van der Waals surface area contributed by atoms with Crippen LogP contribution in [0.2, 0.25) is 0 Å². The number of hydrogen-bond donors (Lipinski definition) is 0. The lowest BCUT2D eigenvalue weighted by Gasteiger charge is -2.16. The summed E-state index contributed by atoms with van der Waals surface area (Å²) in [5.74, 6) is 0. The molecule has 0 aliphatic heterocycles. The number of fused-ring (bicyclic) bond motifs is 3. The fraction of sp³-hybridized carbons (Fsp3) is 0.0172. The first-order valence-corrected chi connectivity index (χ1v) is 20.9. The summed E-state index contributed by atoms with van der Waals surface area (Å²) in [4.78, 5) is 0. The van der Waals surface area contributed by atoms with Gasteiger partial charge in [-0.25, -0.2) is 4.68 Å². The molecule has 11 rings (SSSR count). The van der Waals surface area contributed by atoms with Gasteiger partial charge < -0.3 is 4.57 Å². The topological polar surface area (TPSA) is 22.8 Å². The molecule has 0 amide bonds. The van der Waals surface area contributed by atoms with Gasteiger partial charge in [0.2, 0.25) is 0 Å². The Labute approximate surface area is 356 Å². The zero-order chi connectivity index (χ0) is 40.7. The van der Waals surface area contributed by atoms with Gasteiger partial charge in [0.25, 0.3) is 0 Å². The Kier molecular flexibility index (Phi) is 9.05. The van der Waals surface area contributed by atoms with Crippen LogP contribution in [0.25, 0.3) is 100 Å². The van der Waals surface area contributed by atoms with E-state index in [4.69, 9.17) is 5.10 Å². The fourth-order valence-corrected chi connectivity index (χ4v) is 8.97. The van der Waals surface area contributed by atoms with Gasteiger partial charge in [-0.05, 0) is 82.3 Å². The molecule has 0 atom stereocenters. The maximum atomic E-state index is 5.41. The molecule has 0 radical (unpaired) electrons. The number of hydrogen-bond acceptors (Lipinski definition) is 1. The molecule has 0 unspecified atom stereocenters. The molecule has 3 nitrogen and oxygen atoms in total. The van der Waals surface area contributed by atoms with Crippen LogP contribution in [-0.4, -0.2) is 14.3 Å². The van der Waals surface area contributed by atoms with Crippen molar-refractivity contribution in [3.63, 3.8) is 0 Å². The van der Waals surface area contributed by atoms with Gasteiger partial charge in [-0.3, -0.25) is 0 Å². The van der Waals surface area contributed by atoms with Crippen LogP contribution in [0.5, 0.6) is 0 Å². The standard InChI is InChI=1S/C58H41N3/c1-40-28-30-43(31-29-40)56-57(44-16-4-2-5-17-44)59-61(58(56)45-18-6-3-7-19-45)47-38-34-42(35-39-47)49-21-9-11-23-51(49)50-22-10-8-20-48(50)41-32-36-46(37-33-41)60-54-26-14-12-24-52(54)53-25-13-15-27-55(53)60/h2-39H,1H3. The molecule has 61 heavy (non-hydrogen) atoms. The normalized spacial score (nSPS) is 11.4. The summed E-state index contributed by atoms with van der Waals surface area (Å²) < 4.78 is 4.50. The van der Waals surface area contributed by atoms with Gasteiger partial charge in [-0.15, -0.1) is 0 Å². The number of para-hydroxylation sites is 2. The van der Waals surface area contributed by atoms with Crippen LogP contribution in [0.4, 0.5) is 0 Å². The summed E-state index contributed by atoms with van der Waals surface area (Å²) >= 11 is 0. The van der Waals surface area contributed by atoms with Crippen molar-refractivity contribution in [3.05, 3.63) is 236 Å². The summed E-state index contributed by atoms with van der Waals surface area (Å²) in [6.07, 6.45) is 0. The molecular formula is C58H41N3. The van der Waals surface area contributed by atoms with Crippen LogP contribution in [0, 0.1) is 6.92 Å². The Balaban J connectivity index is 0.991. The first kappa shape index (κ1) is 36.1.